The van der Waals surface area contributed by atoms with E-state index in [1.54, 1.807) is 0 Å². The Morgan fingerprint density at radius 2 is 2.12 bits per heavy atom. The van der Waals surface area contributed by atoms with Gasteiger partial charge in [0.1, 0.15) is 0 Å². The smallest absolute Gasteiger partial charge is 0.277 e. The van der Waals surface area contributed by atoms with Crippen molar-refractivity contribution in [1.82, 2.24) is 15.1 Å². The van der Waals surface area contributed by atoms with Crippen molar-refractivity contribution in [3.8, 4) is 0 Å². The van der Waals surface area contributed by atoms with Crippen molar-refractivity contribution in [3.63, 3.8) is 0 Å². The molecular weight excluding hydrogens is 412 g/mol. The normalized spacial score (nSPS) is 15.4. The summed E-state index contributed by atoms with van der Waals surface area (Å²) in [6, 6.07) is 6.26. The molecule has 0 unspecified atom stereocenters. The largest absolute Gasteiger partial charge is 0.320 e. The highest BCUT2D eigenvalue weighted by Crippen LogP contribution is 2.27. The summed E-state index contributed by atoms with van der Waals surface area (Å²) in [6.45, 7) is 9.41. The lowest BCUT2D eigenvalue weighted by molar-refractivity contribution is 0.102. The van der Waals surface area contributed by atoms with Crippen LogP contribution in [0.25, 0.3) is 0 Å². The summed E-state index contributed by atoms with van der Waals surface area (Å²) in [4.78, 5) is 15.1. The van der Waals surface area contributed by atoms with Gasteiger partial charge in [0, 0.05) is 36.8 Å². The van der Waals surface area contributed by atoms with Gasteiger partial charge in [0.15, 0.2) is 5.69 Å². The predicted octanol–water partition coefficient (Wildman–Crippen LogP) is 4.41. The van der Waals surface area contributed by atoms with E-state index in [1.165, 1.54) is 17.1 Å². The van der Waals surface area contributed by atoms with Crippen molar-refractivity contribution >= 4 is 39.3 Å². The molecule has 1 saturated heterocycles. The third kappa shape index (κ3) is 4.50. The van der Waals surface area contributed by atoms with Gasteiger partial charge in [-0.2, -0.15) is 16.9 Å². The molecule has 5 nitrogen and oxygen atoms in total. The van der Waals surface area contributed by atoms with Gasteiger partial charge in [0.05, 0.1) is 10.2 Å². The Bertz CT molecular complexity index is 784. The Hall–Kier alpha value is -1.31. The molecule has 0 saturated carbocycles. The molecular formula is C19H25BrN4OS. The average molecular weight is 437 g/mol. The number of hydrogen-bond donors (Lipinski definition) is 2. The first kappa shape index (κ1) is 19.5. The number of halogens is 1. The average Bonchev–Trinajstić information content (AvgIpc) is 3.00. The van der Waals surface area contributed by atoms with Crippen molar-refractivity contribution in [1.29, 1.82) is 0 Å². The zero-order valence-electron chi connectivity index (χ0n) is 15.4. The maximum Gasteiger partial charge on any atom is 0.277 e. The molecule has 140 valence electrons. The number of aryl methyl sites for hydroxylation is 1. The minimum Gasteiger partial charge on any atom is -0.320 e. The number of aromatic amines is 1. The summed E-state index contributed by atoms with van der Waals surface area (Å²) in [6.07, 6.45) is 0. The zero-order chi connectivity index (χ0) is 18.7. The van der Waals surface area contributed by atoms with Gasteiger partial charge < -0.3 is 5.32 Å². The number of benzene rings is 1. The number of carbonyl (C=O) groups is 1. The van der Waals surface area contributed by atoms with Gasteiger partial charge in [0.25, 0.3) is 5.91 Å². The van der Waals surface area contributed by atoms with E-state index in [-0.39, 0.29) is 11.8 Å². The summed E-state index contributed by atoms with van der Waals surface area (Å²) >= 11 is 5.51. The highest BCUT2D eigenvalue weighted by atomic mass is 79.9. The summed E-state index contributed by atoms with van der Waals surface area (Å²) in [5, 5.41) is 10.1. The molecule has 1 aromatic heterocycles. The van der Waals surface area contributed by atoms with Crippen molar-refractivity contribution < 1.29 is 4.79 Å². The number of nitrogens with one attached hydrogen (secondary N) is 2. The van der Waals surface area contributed by atoms with Crippen molar-refractivity contribution in [2.45, 2.75) is 33.2 Å². The third-order valence-corrected chi connectivity index (χ3v) is 6.32. The fraction of sp³-hybridized carbons (Fsp3) is 0.474. The Kier molecular flexibility index (Phi) is 6.42. The predicted molar refractivity (Wildman–Crippen MR) is 112 cm³/mol. The summed E-state index contributed by atoms with van der Waals surface area (Å²) < 4.78 is 0.738. The molecule has 1 aliphatic heterocycles. The fourth-order valence-corrected chi connectivity index (χ4v) is 4.83. The number of H-pyrrole nitrogens is 1. The first-order valence-corrected chi connectivity index (χ1v) is 10.8. The van der Waals surface area contributed by atoms with Gasteiger partial charge in [0.2, 0.25) is 0 Å². The molecule has 2 N–H and O–H groups in total. The van der Waals surface area contributed by atoms with Crippen molar-refractivity contribution in [3.05, 3.63) is 45.2 Å². The number of aromatic nitrogens is 2. The first-order valence-electron chi connectivity index (χ1n) is 8.90. The second-order valence-corrected chi connectivity index (χ2v) is 8.96. The molecule has 0 radical (unpaired) electrons. The number of anilines is 1. The van der Waals surface area contributed by atoms with Crippen LogP contribution in [0.1, 0.15) is 47.1 Å². The highest BCUT2D eigenvalue weighted by Gasteiger charge is 2.20. The third-order valence-electron chi connectivity index (χ3n) is 4.57. The number of thioether (sulfide) groups is 1. The van der Waals surface area contributed by atoms with Crippen molar-refractivity contribution in [2.75, 3.05) is 29.9 Å². The molecule has 1 fully saturated rings. The van der Waals surface area contributed by atoms with Gasteiger partial charge in [-0.25, -0.2) is 0 Å². The van der Waals surface area contributed by atoms with Gasteiger partial charge in [-0.05, 0) is 46.0 Å². The second-order valence-electron chi connectivity index (χ2n) is 6.95. The number of hydrogen-bond acceptors (Lipinski definition) is 4. The summed E-state index contributed by atoms with van der Waals surface area (Å²) in [7, 11) is 0. The lowest BCUT2D eigenvalue weighted by Crippen LogP contribution is -2.31. The van der Waals surface area contributed by atoms with E-state index in [9.17, 15) is 4.79 Å². The topological polar surface area (TPSA) is 61.0 Å². The molecule has 2 aromatic rings. The van der Waals surface area contributed by atoms with Gasteiger partial charge in [-0.1, -0.05) is 26.0 Å². The number of amides is 1. The van der Waals surface area contributed by atoms with E-state index >= 15 is 0 Å². The zero-order valence-corrected chi connectivity index (χ0v) is 17.8. The molecule has 26 heavy (non-hydrogen) atoms. The van der Waals surface area contributed by atoms with Crippen LogP contribution in [0.5, 0.6) is 0 Å². The van der Waals surface area contributed by atoms with Crippen LogP contribution in [0, 0.1) is 6.92 Å². The van der Waals surface area contributed by atoms with Crippen LogP contribution in [0.3, 0.4) is 0 Å². The molecule has 1 aliphatic rings. The second kappa shape index (κ2) is 8.59. The minimum absolute atomic E-state index is 0.205. The van der Waals surface area contributed by atoms with E-state index in [1.807, 2.05) is 24.8 Å². The van der Waals surface area contributed by atoms with Crippen LogP contribution in [0.2, 0.25) is 0 Å². The van der Waals surface area contributed by atoms with Gasteiger partial charge in [-0.15, -0.1) is 0 Å². The standard InChI is InChI=1S/C19H25BrN4OS/c1-12(2)17-16(20)18(23-22-17)19(25)21-15-5-4-14(10-13(15)3)11-24-6-8-26-9-7-24/h4-5,10,12H,6-9,11H2,1-3H3,(H,21,25)(H,22,23). The molecule has 0 bridgehead atoms. The van der Waals surface area contributed by atoms with E-state index in [4.69, 9.17) is 0 Å². The van der Waals surface area contributed by atoms with Crippen LogP contribution in [-0.4, -0.2) is 45.6 Å². The summed E-state index contributed by atoms with van der Waals surface area (Å²) in [5.74, 6) is 2.49. The van der Waals surface area contributed by atoms with E-state index in [2.05, 4.69) is 62.3 Å². The van der Waals surface area contributed by atoms with E-state index < -0.39 is 0 Å². The van der Waals surface area contributed by atoms with Crippen LogP contribution in [0.4, 0.5) is 5.69 Å². The van der Waals surface area contributed by atoms with Crippen molar-refractivity contribution in [2.24, 2.45) is 0 Å². The number of rotatable bonds is 5. The molecule has 1 aromatic carbocycles. The highest BCUT2D eigenvalue weighted by molar-refractivity contribution is 9.10. The Labute approximate surface area is 167 Å². The molecule has 0 spiro atoms. The fourth-order valence-electron chi connectivity index (χ4n) is 3.04. The molecule has 7 heteroatoms. The Morgan fingerprint density at radius 1 is 1.38 bits per heavy atom. The maximum atomic E-state index is 12.6. The SMILES string of the molecule is Cc1cc(CN2CCSCC2)ccc1NC(=O)c1n[nH]c(C(C)C)c1Br. The minimum atomic E-state index is -0.205. The molecule has 0 aliphatic carbocycles. The monoisotopic (exact) mass is 436 g/mol. The maximum absolute atomic E-state index is 12.6. The quantitative estimate of drug-likeness (QED) is 0.728. The lowest BCUT2D eigenvalue weighted by Gasteiger charge is -2.26. The van der Waals surface area contributed by atoms with E-state index in [0.717, 1.165) is 41.1 Å². The lowest BCUT2D eigenvalue weighted by atomic mass is 10.1. The van der Waals surface area contributed by atoms with Crippen LogP contribution in [0.15, 0.2) is 22.7 Å². The van der Waals surface area contributed by atoms with E-state index in [0.29, 0.717) is 5.69 Å². The first-order chi connectivity index (χ1) is 12.5. The number of carbonyl (C=O) groups excluding carboxylic acids is 1. The molecule has 0 atom stereocenters. The Balaban J connectivity index is 1.68. The van der Waals surface area contributed by atoms with Crippen LogP contribution < -0.4 is 5.32 Å². The van der Waals surface area contributed by atoms with Gasteiger partial charge >= 0.3 is 0 Å². The van der Waals surface area contributed by atoms with Gasteiger partial charge in [-0.3, -0.25) is 14.8 Å². The molecule has 2 heterocycles. The van der Waals surface area contributed by atoms with Crippen LogP contribution >= 0.6 is 27.7 Å². The summed E-state index contributed by atoms with van der Waals surface area (Å²) in [5.41, 5.74) is 4.51. The molecule has 1 amide bonds. The molecule has 3 rings (SSSR count). The van der Waals surface area contributed by atoms with Crippen LogP contribution in [-0.2, 0) is 6.54 Å². The Morgan fingerprint density at radius 3 is 2.73 bits per heavy atom. The number of nitrogens with zero attached hydrogens (tertiary/aromatic N) is 2.